The minimum atomic E-state index is -3.50. The summed E-state index contributed by atoms with van der Waals surface area (Å²) in [5.41, 5.74) is 1.57. The monoisotopic (exact) mass is 576 g/mol. The summed E-state index contributed by atoms with van der Waals surface area (Å²) in [5.74, 6) is -0.0895. The van der Waals surface area contributed by atoms with E-state index in [1.807, 2.05) is 42.8 Å². The molecule has 11 heteroatoms. The van der Waals surface area contributed by atoms with Gasteiger partial charge in [0.2, 0.25) is 0 Å². The van der Waals surface area contributed by atoms with E-state index in [9.17, 15) is 9.36 Å². The second-order valence-corrected chi connectivity index (χ2v) is 11.4. The zero-order valence-electron chi connectivity index (χ0n) is 19.8. The average Bonchev–Trinajstić information content (AvgIpc) is 3.15. The third-order valence-electron chi connectivity index (χ3n) is 5.43. The Balaban J connectivity index is 2.15. The van der Waals surface area contributed by atoms with E-state index in [0.29, 0.717) is 46.2 Å². The van der Waals surface area contributed by atoms with Gasteiger partial charge in [0.25, 0.3) is 13.4 Å². The lowest BCUT2D eigenvalue weighted by Crippen LogP contribution is -2.33. The van der Waals surface area contributed by atoms with Gasteiger partial charge in [-0.25, -0.2) is 9.35 Å². The molecule has 0 aliphatic heterocycles. The van der Waals surface area contributed by atoms with Gasteiger partial charge in [-0.15, -0.1) is 0 Å². The summed E-state index contributed by atoms with van der Waals surface area (Å²) in [6.45, 7) is 6.87. The van der Waals surface area contributed by atoms with Crippen molar-refractivity contribution < 1.29 is 9.36 Å². The second-order valence-electron chi connectivity index (χ2n) is 7.71. The molecule has 1 atom stereocenters. The SMILES string of the molecule is CCN(CC)[P@](=O)(Nc1ccc(Br)cc1)c1c(C)nn(CCC#N)c1NC(=O)c1ccc(Cl)cc1. The van der Waals surface area contributed by atoms with Crippen LogP contribution in [0.5, 0.6) is 0 Å². The van der Waals surface area contributed by atoms with Gasteiger partial charge in [-0.2, -0.15) is 10.4 Å². The summed E-state index contributed by atoms with van der Waals surface area (Å²) in [6.07, 6.45) is 0.181. The normalized spacial score (nSPS) is 12.7. The van der Waals surface area contributed by atoms with Crippen molar-refractivity contribution in [3.8, 4) is 6.07 Å². The van der Waals surface area contributed by atoms with Crippen LogP contribution < -0.4 is 15.7 Å². The number of hydrogen-bond donors (Lipinski definition) is 2. The molecule has 0 radical (unpaired) electrons. The summed E-state index contributed by atoms with van der Waals surface area (Å²) in [5, 5.41) is 20.8. The first-order valence-corrected chi connectivity index (χ1v) is 14.0. The molecule has 35 heavy (non-hydrogen) atoms. The molecule has 3 rings (SSSR count). The van der Waals surface area contributed by atoms with Gasteiger partial charge in [0, 0.05) is 33.8 Å². The second kappa shape index (κ2) is 11.9. The van der Waals surface area contributed by atoms with Gasteiger partial charge in [0.15, 0.2) is 0 Å². The molecule has 1 aromatic heterocycles. The average molecular weight is 578 g/mol. The van der Waals surface area contributed by atoms with Gasteiger partial charge in [-0.05, 0) is 55.5 Å². The lowest BCUT2D eigenvalue weighted by atomic mass is 10.2. The Morgan fingerprint density at radius 1 is 1.17 bits per heavy atom. The van der Waals surface area contributed by atoms with E-state index in [4.69, 9.17) is 16.9 Å². The first-order chi connectivity index (χ1) is 16.7. The smallest absolute Gasteiger partial charge is 0.272 e. The van der Waals surface area contributed by atoms with Crippen molar-refractivity contribution in [3.05, 3.63) is 69.3 Å². The van der Waals surface area contributed by atoms with E-state index >= 15 is 0 Å². The van der Waals surface area contributed by atoms with Gasteiger partial charge in [0.1, 0.15) is 11.1 Å². The number of carbonyl (C=O) groups excluding carboxylic acids is 1. The van der Waals surface area contributed by atoms with Crippen LogP contribution >= 0.6 is 35.0 Å². The summed E-state index contributed by atoms with van der Waals surface area (Å²) in [7, 11) is -3.50. The van der Waals surface area contributed by atoms with Gasteiger partial charge in [-0.1, -0.05) is 41.4 Å². The van der Waals surface area contributed by atoms with Gasteiger partial charge < -0.3 is 10.4 Å². The lowest BCUT2D eigenvalue weighted by Gasteiger charge is -2.31. The fourth-order valence-electron chi connectivity index (χ4n) is 3.75. The quantitative estimate of drug-likeness (QED) is 0.285. The summed E-state index contributed by atoms with van der Waals surface area (Å²) in [4.78, 5) is 13.2. The van der Waals surface area contributed by atoms with E-state index < -0.39 is 13.4 Å². The number of nitrogens with one attached hydrogen (secondary N) is 2. The van der Waals surface area contributed by atoms with Crippen LogP contribution in [0.25, 0.3) is 0 Å². The Morgan fingerprint density at radius 3 is 2.37 bits per heavy atom. The molecule has 2 N–H and O–H groups in total. The maximum atomic E-state index is 14.8. The Hall–Kier alpha value is -2.63. The van der Waals surface area contributed by atoms with E-state index in [1.54, 1.807) is 35.9 Å². The van der Waals surface area contributed by atoms with Crippen LogP contribution in [-0.4, -0.2) is 33.4 Å². The summed E-state index contributed by atoms with van der Waals surface area (Å²) < 4.78 is 19.1. The van der Waals surface area contributed by atoms with Crippen molar-refractivity contribution in [1.29, 1.82) is 5.26 Å². The third-order valence-corrected chi connectivity index (χ3v) is 9.27. The number of halogens is 2. The maximum absolute atomic E-state index is 14.8. The first kappa shape index (κ1) is 27.0. The zero-order chi connectivity index (χ0) is 25.6. The highest BCUT2D eigenvalue weighted by atomic mass is 79.9. The maximum Gasteiger partial charge on any atom is 0.272 e. The van der Waals surface area contributed by atoms with Crippen LogP contribution in [0.3, 0.4) is 0 Å². The lowest BCUT2D eigenvalue weighted by molar-refractivity contribution is 0.102. The first-order valence-electron chi connectivity index (χ1n) is 11.1. The Bertz CT molecular complexity index is 1270. The largest absolute Gasteiger partial charge is 0.321 e. The predicted octanol–water partition coefficient (Wildman–Crippen LogP) is 6.05. The molecule has 0 spiro atoms. The zero-order valence-corrected chi connectivity index (χ0v) is 23.0. The van der Waals surface area contributed by atoms with Gasteiger partial charge >= 0.3 is 0 Å². The molecule has 0 bridgehead atoms. The Morgan fingerprint density at radius 2 is 1.80 bits per heavy atom. The Labute approximate surface area is 218 Å². The molecule has 0 unspecified atom stereocenters. The van der Waals surface area contributed by atoms with Crippen molar-refractivity contribution in [2.75, 3.05) is 23.5 Å². The van der Waals surface area contributed by atoms with Crippen molar-refractivity contribution >= 4 is 57.7 Å². The van der Waals surface area contributed by atoms with Crippen molar-refractivity contribution in [2.45, 2.75) is 33.7 Å². The van der Waals surface area contributed by atoms with Crippen LogP contribution in [0.4, 0.5) is 11.5 Å². The minimum absolute atomic E-state index is 0.181. The molecular formula is C24H27BrClN6O2P. The van der Waals surface area contributed by atoms with Gasteiger partial charge in [-0.3, -0.25) is 9.36 Å². The van der Waals surface area contributed by atoms with Crippen molar-refractivity contribution in [3.63, 3.8) is 0 Å². The predicted molar refractivity (Wildman–Crippen MR) is 145 cm³/mol. The van der Waals surface area contributed by atoms with Crippen LogP contribution in [0, 0.1) is 18.3 Å². The number of hydrogen-bond acceptors (Lipinski definition) is 4. The van der Waals surface area contributed by atoms with Crippen LogP contribution in [0.15, 0.2) is 53.0 Å². The number of amides is 1. The molecule has 0 saturated carbocycles. The number of rotatable bonds is 10. The van der Waals surface area contributed by atoms with E-state index in [1.165, 1.54) is 0 Å². The number of aromatic nitrogens is 2. The van der Waals surface area contributed by atoms with Crippen molar-refractivity contribution in [2.24, 2.45) is 0 Å². The fourth-order valence-corrected chi connectivity index (χ4v) is 6.91. The van der Waals surface area contributed by atoms with E-state index in [0.717, 1.165) is 4.47 Å². The van der Waals surface area contributed by atoms with Crippen LogP contribution in [0.2, 0.25) is 5.02 Å². The number of anilines is 2. The number of nitriles is 1. The number of carbonyl (C=O) groups is 1. The van der Waals surface area contributed by atoms with Crippen LogP contribution in [-0.2, 0) is 11.1 Å². The fraction of sp³-hybridized carbons (Fsp3) is 0.292. The highest BCUT2D eigenvalue weighted by molar-refractivity contribution is 9.10. The molecular weight excluding hydrogens is 551 g/mol. The topological polar surface area (TPSA) is 103 Å². The standard InChI is InChI=1S/C24H27BrClN6O2P/c1-4-31(5-2)35(34,30-21-13-9-19(25)10-14-21)22-17(3)29-32(16-6-15-27)23(22)28-24(33)18-7-11-20(26)12-8-18/h7-14H,4-6,16H2,1-3H3,(H,28,33)(H,30,34)/t35-/m1/s1. The number of nitrogens with zero attached hydrogens (tertiary/aromatic N) is 4. The molecule has 0 fully saturated rings. The van der Waals surface area contributed by atoms with Gasteiger partial charge in [0.05, 0.1) is 24.7 Å². The number of benzene rings is 2. The van der Waals surface area contributed by atoms with E-state index in [2.05, 4.69) is 37.5 Å². The molecule has 0 saturated heterocycles. The molecule has 8 nitrogen and oxygen atoms in total. The Kier molecular flexibility index (Phi) is 9.15. The summed E-state index contributed by atoms with van der Waals surface area (Å²) in [6, 6.07) is 16.0. The van der Waals surface area contributed by atoms with Crippen molar-refractivity contribution in [1.82, 2.24) is 14.5 Å². The molecule has 2 aromatic carbocycles. The van der Waals surface area contributed by atoms with Crippen LogP contribution in [0.1, 0.15) is 36.3 Å². The number of aryl methyl sites for hydroxylation is 2. The molecule has 1 amide bonds. The highest BCUT2D eigenvalue weighted by Gasteiger charge is 2.38. The molecule has 1 heterocycles. The molecule has 3 aromatic rings. The molecule has 184 valence electrons. The third kappa shape index (κ3) is 6.14. The molecule has 0 aliphatic rings. The highest BCUT2D eigenvalue weighted by Crippen LogP contribution is 2.51. The summed E-state index contributed by atoms with van der Waals surface area (Å²) >= 11 is 9.40. The molecule has 0 aliphatic carbocycles. The minimum Gasteiger partial charge on any atom is -0.321 e. The van der Waals surface area contributed by atoms with E-state index in [-0.39, 0.29) is 13.0 Å².